The third-order valence-corrected chi connectivity index (χ3v) is 8.21. The number of aromatic nitrogens is 1. The molecule has 0 bridgehead atoms. The highest BCUT2D eigenvalue weighted by molar-refractivity contribution is 7.85. The number of carbonyl (C=O) groups is 1. The van der Waals surface area contributed by atoms with E-state index in [-0.39, 0.29) is 11.2 Å². The van der Waals surface area contributed by atoms with Crippen LogP contribution in [0.5, 0.6) is 0 Å². The molecule has 32 heavy (non-hydrogen) atoms. The van der Waals surface area contributed by atoms with E-state index in [0.29, 0.717) is 11.1 Å². The van der Waals surface area contributed by atoms with E-state index in [4.69, 9.17) is 12.6 Å². The Morgan fingerprint density at radius 2 is 1.78 bits per heavy atom. The fourth-order valence-electron chi connectivity index (χ4n) is 4.90. The van der Waals surface area contributed by atoms with E-state index in [9.17, 15) is 4.79 Å². The summed E-state index contributed by atoms with van der Waals surface area (Å²) in [6.07, 6.45) is 4.07. The normalized spacial score (nSPS) is 19.9. The smallest absolute Gasteiger partial charge is 0.263 e. The highest BCUT2D eigenvalue weighted by Gasteiger charge is 2.41. The van der Waals surface area contributed by atoms with E-state index < -0.39 is 0 Å². The zero-order valence-corrected chi connectivity index (χ0v) is 20.6. The Kier molecular flexibility index (Phi) is 5.14. The monoisotopic (exact) mass is 459 g/mol. The summed E-state index contributed by atoms with van der Waals surface area (Å²) in [6, 6.07) is 16.9. The fraction of sp³-hybridized carbons (Fsp3) is 0.259. The minimum absolute atomic E-state index is 0.0745. The standard InChI is InChI=1S/C27H26N2OS2/c1-5-28-20-12-8-7-11-19(20)27(3,4)23(28)15-17-25(30)18(26(17)31)16-24-29(6-2)21-13-9-10-14-22(21)32-24/h7-16H,5-6H2,1-4H3/p+1. The number of thiazole rings is 1. The maximum absolute atomic E-state index is 13.2. The number of para-hydroxylation sites is 2. The fourth-order valence-corrected chi connectivity index (χ4v) is 6.40. The summed E-state index contributed by atoms with van der Waals surface area (Å²) < 4.78 is 3.48. The van der Waals surface area contributed by atoms with E-state index in [0.717, 1.165) is 28.7 Å². The summed E-state index contributed by atoms with van der Waals surface area (Å²) in [5, 5.41) is 1.08. The highest BCUT2D eigenvalue weighted by Crippen LogP contribution is 2.49. The zero-order valence-electron chi connectivity index (χ0n) is 18.8. The van der Waals surface area contributed by atoms with Gasteiger partial charge in [-0.25, -0.2) is 0 Å². The molecule has 2 aromatic carbocycles. The average molecular weight is 460 g/mol. The van der Waals surface area contributed by atoms with Gasteiger partial charge < -0.3 is 4.90 Å². The summed E-state index contributed by atoms with van der Waals surface area (Å²) in [4.78, 5) is 16.3. The number of ketones is 1. The van der Waals surface area contributed by atoms with Gasteiger partial charge in [0.15, 0.2) is 5.78 Å². The van der Waals surface area contributed by atoms with Crippen LogP contribution in [0.25, 0.3) is 16.3 Å². The number of hydrogen-bond donors (Lipinski definition) is 1. The van der Waals surface area contributed by atoms with Crippen LogP contribution < -0.4 is 9.47 Å². The molecule has 2 aliphatic rings. The summed E-state index contributed by atoms with van der Waals surface area (Å²) >= 11 is 6.48. The quantitative estimate of drug-likeness (QED) is 0.291. The number of nitrogens with zero attached hydrogens (tertiary/aromatic N) is 2. The number of benzene rings is 2. The second kappa shape index (κ2) is 7.75. The number of likely N-dealkylation sites (N-methyl/N-ethyl adjacent to an activating group) is 1. The van der Waals surface area contributed by atoms with Crippen molar-refractivity contribution in [1.82, 2.24) is 0 Å². The summed E-state index contributed by atoms with van der Waals surface area (Å²) in [6.45, 7) is 10.5. The second-order valence-electron chi connectivity index (χ2n) is 8.72. The van der Waals surface area contributed by atoms with Gasteiger partial charge in [0.25, 0.3) is 5.01 Å². The van der Waals surface area contributed by atoms with Crippen LogP contribution in [0.3, 0.4) is 0 Å². The molecule has 0 saturated heterocycles. The molecule has 1 aliphatic carbocycles. The summed E-state index contributed by atoms with van der Waals surface area (Å²) in [5.74, 6) is 0.0745. The van der Waals surface area contributed by atoms with Gasteiger partial charge in [-0.1, -0.05) is 55.5 Å². The second-order valence-corrected chi connectivity index (χ2v) is 10.2. The molecule has 0 atom stereocenters. The Balaban J connectivity index is 1.57. The van der Waals surface area contributed by atoms with Gasteiger partial charge in [0.2, 0.25) is 5.52 Å². The predicted molar refractivity (Wildman–Crippen MR) is 137 cm³/mol. The number of anilines is 1. The van der Waals surface area contributed by atoms with Crippen LogP contribution in [0, 0.1) is 0 Å². The van der Waals surface area contributed by atoms with Crippen LogP contribution >= 0.6 is 24.0 Å². The van der Waals surface area contributed by atoms with Crippen molar-refractivity contribution in [2.75, 3.05) is 11.4 Å². The first-order valence-corrected chi connectivity index (χ1v) is 12.4. The number of allylic oxidation sites excluding steroid dienone is 4. The lowest BCUT2D eigenvalue weighted by Crippen LogP contribution is -2.34. The zero-order chi connectivity index (χ0) is 22.6. The van der Waals surface area contributed by atoms with Crippen LogP contribution in [-0.2, 0) is 16.8 Å². The van der Waals surface area contributed by atoms with Crippen molar-refractivity contribution < 1.29 is 9.36 Å². The Morgan fingerprint density at radius 3 is 2.50 bits per heavy atom. The van der Waals surface area contributed by atoms with Crippen LogP contribution in [0.4, 0.5) is 5.69 Å². The van der Waals surface area contributed by atoms with Gasteiger partial charge in [-0.2, -0.15) is 4.57 Å². The first-order valence-electron chi connectivity index (χ1n) is 11.1. The van der Waals surface area contributed by atoms with Gasteiger partial charge in [0.05, 0.1) is 0 Å². The van der Waals surface area contributed by atoms with Gasteiger partial charge in [-0.3, -0.25) is 4.79 Å². The van der Waals surface area contributed by atoms with Crippen molar-refractivity contribution in [3.05, 3.63) is 86.9 Å². The van der Waals surface area contributed by atoms with Crippen LogP contribution in [0.2, 0.25) is 0 Å². The largest absolute Gasteiger partial charge is 0.344 e. The van der Waals surface area contributed by atoms with E-state index in [1.807, 2.05) is 6.08 Å². The van der Waals surface area contributed by atoms with Crippen LogP contribution in [-0.4, -0.2) is 12.3 Å². The molecule has 3 nitrogen and oxygen atoms in total. The maximum atomic E-state index is 13.2. The number of rotatable bonds is 4. The van der Waals surface area contributed by atoms with Crippen molar-refractivity contribution >= 4 is 51.7 Å². The van der Waals surface area contributed by atoms with Gasteiger partial charge >= 0.3 is 0 Å². The van der Waals surface area contributed by atoms with E-state index in [2.05, 4.69) is 91.8 Å². The number of fused-ring (bicyclic) bond motifs is 2. The van der Waals surface area contributed by atoms with Crippen molar-refractivity contribution in [2.24, 2.45) is 0 Å². The molecular weight excluding hydrogens is 432 g/mol. The number of Topliss-reactive ketones (excluding diaryl/α,β-unsaturated/α-hetero) is 1. The van der Waals surface area contributed by atoms with E-state index >= 15 is 0 Å². The molecule has 0 spiro atoms. The number of aryl methyl sites for hydroxylation is 1. The number of thiol groups is 1. The van der Waals surface area contributed by atoms with Crippen molar-refractivity contribution in [2.45, 2.75) is 39.7 Å². The van der Waals surface area contributed by atoms with E-state index in [1.54, 1.807) is 11.3 Å². The predicted octanol–water partition coefficient (Wildman–Crippen LogP) is 6.06. The first kappa shape index (κ1) is 21.2. The molecule has 0 fully saturated rings. The Bertz CT molecular complexity index is 1360. The summed E-state index contributed by atoms with van der Waals surface area (Å²) in [5.41, 5.74) is 6.12. The molecule has 5 heteroatoms. The van der Waals surface area contributed by atoms with Gasteiger partial charge in [-0.05, 0) is 37.6 Å². The van der Waals surface area contributed by atoms with Gasteiger partial charge in [0, 0.05) is 51.5 Å². The molecule has 162 valence electrons. The summed E-state index contributed by atoms with van der Waals surface area (Å²) in [7, 11) is 0. The minimum atomic E-state index is -0.163. The minimum Gasteiger partial charge on any atom is -0.344 e. The lowest BCUT2D eigenvalue weighted by atomic mass is 9.81. The lowest BCUT2D eigenvalue weighted by molar-refractivity contribution is -0.665. The molecule has 0 saturated carbocycles. The Morgan fingerprint density at radius 1 is 1.06 bits per heavy atom. The molecule has 1 aliphatic heterocycles. The number of hydrogen-bond acceptors (Lipinski definition) is 4. The lowest BCUT2D eigenvalue weighted by Gasteiger charge is -2.28. The molecule has 1 aromatic heterocycles. The Hall–Kier alpha value is -2.63. The van der Waals surface area contributed by atoms with Crippen molar-refractivity contribution in [3.63, 3.8) is 0 Å². The first-order chi connectivity index (χ1) is 15.4. The van der Waals surface area contributed by atoms with Crippen molar-refractivity contribution in [1.29, 1.82) is 0 Å². The average Bonchev–Trinajstić information content (AvgIpc) is 3.27. The van der Waals surface area contributed by atoms with Crippen molar-refractivity contribution in [3.8, 4) is 0 Å². The molecule has 5 rings (SSSR count). The van der Waals surface area contributed by atoms with Gasteiger partial charge in [-0.15, -0.1) is 12.6 Å². The molecular formula is C27H27N2OS2+. The topological polar surface area (TPSA) is 24.2 Å². The number of carbonyl (C=O) groups excluding carboxylic acids is 1. The third-order valence-electron chi connectivity index (χ3n) is 6.62. The molecule has 3 aromatic rings. The third kappa shape index (κ3) is 3.02. The molecule has 0 unspecified atom stereocenters. The van der Waals surface area contributed by atoms with Crippen LogP contribution in [0.1, 0.15) is 38.3 Å². The van der Waals surface area contributed by atoms with Gasteiger partial charge in [0.1, 0.15) is 11.2 Å². The van der Waals surface area contributed by atoms with E-state index in [1.165, 1.54) is 21.5 Å². The maximum Gasteiger partial charge on any atom is 0.263 e. The Labute approximate surface area is 198 Å². The molecule has 0 radical (unpaired) electrons. The SMILES string of the molecule is CCN1C(=CC2=C(S)C(=Cc3sc4ccccc4[n+]3CC)C2=O)C(C)(C)c2ccccc21. The molecule has 0 N–H and O–H groups in total. The highest BCUT2D eigenvalue weighted by atomic mass is 32.1. The van der Waals surface area contributed by atoms with Crippen LogP contribution in [0.15, 0.2) is 76.4 Å². The molecule has 0 amide bonds. The molecule has 2 heterocycles.